The molecule has 1 aromatic carbocycles. The number of rotatable bonds is 5. The van der Waals surface area contributed by atoms with Gasteiger partial charge in [-0.3, -0.25) is 4.79 Å². The van der Waals surface area contributed by atoms with Gasteiger partial charge in [-0.25, -0.2) is 0 Å². The second-order valence-corrected chi connectivity index (χ2v) is 4.67. The Kier molecular flexibility index (Phi) is 5.59. The zero-order valence-electron chi connectivity index (χ0n) is 10.8. The molecule has 1 unspecified atom stereocenters. The summed E-state index contributed by atoms with van der Waals surface area (Å²) in [4.78, 5) is 13.5. The van der Waals surface area contributed by atoms with Gasteiger partial charge in [0.1, 0.15) is 0 Å². The van der Waals surface area contributed by atoms with Crippen molar-refractivity contribution in [2.24, 2.45) is 0 Å². The van der Waals surface area contributed by atoms with Crippen LogP contribution in [-0.2, 0) is 4.74 Å². The van der Waals surface area contributed by atoms with Crippen LogP contribution in [0.15, 0.2) is 18.2 Å². The molecule has 5 heteroatoms. The molecule has 4 nitrogen and oxygen atoms in total. The molecule has 0 radical (unpaired) electrons. The van der Waals surface area contributed by atoms with E-state index in [1.807, 2.05) is 6.92 Å². The third-order valence-electron chi connectivity index (χ3n) is 2.61. The van der Waals surface area contributed by atoms with Crippen molar-refractivity contribution in [3.05, 3.63) is 34.3 Å². The van der Waals surface area contributed by atoms with Crippen molar-refractivity contribution in [3.8, 4) is 0 Å². The summed E-state index contributed by atoms with van der Waals surface area (Å²) in [5.74, 6) is -0.174. The van der Waals surface area contributed by atoms with Gasteiger partial charge in [-0.2, -0.15) is 0 Å². The molecule has 0 spiro atoms. The van der Waals surface area contributed by atoms with Gasteiger partial charge in [-0.1, -0.05) is 17.7 Å². The molecule has 0 aliphatic heterocycles. The number of hydrogen-bond acceptors (Lipinski definition) is 3. The van der Waals surface area contributed by atoms with E-state index in [0.29, 0.717) is 10.6 Å². The molecule has 0 aliphatic rings. The average Bonchev–Trinajstić information content (AvgIpc) is 2.32. The van der Waals surface area contributed by atoms with Crippen LogP contribution in [0.25, 0.3) is 0 Å². The van der Waals surface area contributed by atoms with Crippen molar-refractivity contribution < 1.29 is 14.6 Å². The number of amides is 1. The summed E-state index contributed by atoms with van der Waals surface area (Å²) >= 11 is 5.98. The highest BCUT2D eigenvalue weighted by atomic mass is 35.5. The Hall–Kier alpha value is -1.10. The molecule has 0 bridgehead atoms. The molecule has 100 valence electrons. The number of aliphatic hydroxyl groups is 1. The lowest BCUT2D eigenvalue weighted by molar-refractivity contribution is 0.0380. The van der Waals surface area contributed by atoms with Gasteiger partial charge in [0.2, 0.25) is 0 Å². The van der Waals surface area contributed by atoms with Crippen LogP contribution in [0.1, 0.15) is 15.9 Å². The van der Waals surface area contributed by atoms with E-state index in [1.165, 1.54) is 12.0 Å². The van der Waals surface area contributed by atoms with Gasteiger partial charge in [0.25, 0.3) is 5.91 Å². The molecular weight excluding hydrogens is 254 g/mol. The van der Waals surface area contributed by atoms with Gasteiger partial charge in [0.05, 0.1) is 12.7 Å². The molecule has 0 aromatic heterocycles. The largest absolute Gasteiger partial charge is 0.389 e. The molecular formula is C13H18ClNO3. The normalized spacial score (nSPS) is 12.3. The Labute approximate surface area is 112 Å². The summed E-state index contributed by atoms with van der Waals surface area (Å²) in [5.41, 5.74) is 1.44. The second-order valence-electron chi connectivity index (χ2n) is 4.26. The minimum Gasteiger partial charge on any atom is -0.389 e. The summed E-state index contributed by atoms with van der Waals surface area (Å²) in [6.45, 7) is 2.30. The predicted octanol–water partition coefficient (Wildman–Crippen LogP) is 1.73. The number of halogens is 1. The number of aryl methyl sites for hydroxylation is 1. The number of benzene rings is 1. The number of hydrogen-bond donors (Lipinski definition) is 1. The minimum atomic E-state index is -0.690. The van der Waals surface area contributed by atoms with Crippen LogP contribution in [0.4, 0.5) is 0 Å². The van der Waals surface area contributed by atoms with Crippen molar-refractivity contribution in [1.82, 2.24) is 4.90 Å². The Morgan fingerprint density at radius 2 is 2.22 bits per heavy atom. The highest BCUT2D eigenvalue weighted by molar-refractivity contribution is 6.31. The fourth-order valence-electron chi connectivity index (χ4n) is 1.59. The van der Waals surface area contributed by atoms with Crippen molar-refractivity contribution in [1.29, 1.82) is 0 Å². The first-order valence-electron chi connectivity index (χ1n) is 5.64. The monoisotopic (exact) mass is 271 g/mol. The van der Waals surface area contributed by atoms with Crippen LogP contribution in [0.3, 0.4) is 0 Å². The molecule has 0 heterocycles. The van der Waals surface area contributed by atoms with Crippen LogP contribution >= 0.6 is 11.6 Å². The molecule has 0 aliphatic carbocycles. The van der Waals surface area contributed by atoms with Crippen LogP contribution in [0.5, 0.6) is 0 Å². The number of likely N-dealkylation sites (N-methyl/N-ethyl adjacent to an activating group) is 1. The van der Waals surface area contributed by atoms with E-state index in [1.54, 1.807) is 25.2 Å². The molecule has 1 N–H and O–H groups in total. The first-order chi connectivity index (χ1) is 8.45. The van der Waals surface area contributed by atoms with Gasteiger partial charge in [0, 0.05) is 31.3 Å². The van der Waals surface area contributed by atoms with E-state index >= 15 is 0 Å². The van der Waals surface area contributed by atoms with Gasteiger partial charge >= 0.3 is 0 Å². The molecule has 0 saturated heterocycles. The smallest absolute Gasteiger partial charge is 0.253 e. The van der Waals surface area contributed by atoms with Gasteiger partial charge in [-0.05, 0) is 24.6 Å². The summed E-state index contributed by atoms with van der Waals surface area (Å²) in [7, 11) is 3.14. The number of methoxy groups -OCH3 is 1. The Balaban J connectivity index is 2.71. The van der Waals surface area contributed by atoms with E-state index in [4.69, 9.17) is 16.3 Å². The quantitative estimate of drug-likeness (QED) is 0.887. The lowest BCUT2D eigenvalue weighted by Gasteiger charge is -2.20. The maximum absolute atomic E-state index is 12.1. The topological polar surface area (TPSA) is 49.8 Å². The van der Waals surface area contributed by atoms with Gasteiger partial charge in [0.15, 0.2) is 0 Å². The maximum Gasteiger partial charge on any atom is 0.253 e. The summed E-state index contributed by atoms with van der Waals surface area (Å²) in [6.07, 6.45) is -0.690. The Morgan fingerprint density at radius 3 is 2.78 bits per heavy atom. The fraction of sp³-hybridized carbons (Fsp3) is 0.462. The number of aliphatic hydroxyl groups excluding tert-OH is 1. The lowest BCUT2D eigenvalue weighted by Crippen LogP contribution is -2.36. The standard InChI is InChI=1S/C13H18ClNO3/c1-9-4-5-10(6-12(9)14)13(17)15(2)7-11(16)8-18-3/h4-6,11,16H,7-8H2,1-3H3. The lowest BCUT2D eigenvalue weighted by atomic mass is 10.1. The summed E-state index contributed by atoms with van der Waals surface area (Å²) in [5, 5.41) is 10.1. The average molecular weight is 272 g/mol. The zero-order chi connectivity index (χ0) is 13.7. The van der Waals surface area contributed by atoms with Crippen LogP contribution in [-0.4, -0.2) is 49.3 Å². The Bertz CT molecular complexity index is 423. The third-order valence-corrected chi connectivity index (χ3v) is 3.02. The molecule has 1 amide bonds. The van der Waals surface area contributed by atoms with Crippen molar-refractivity contribution in [2.45, 2.75) is 13.0 Å². The predicted molar refractivity (Wildman–Crippen MR) is 71.0 cm³/mol. The van der Waals surface area contributed by atoms with Crippen molar-refractivity contribution in [3.63, 3.8) is 0 Å². The Morgan fingerprint density at radius 1 is 1.56 bits per heavy atom. The first kappa shape index (κ1) is 15.0. The molecule has 1 aromatic rings. The molecule has 0 saturated carbocycles. The maximum atomic E-state index is 12.1. The highest BCUT2D eigenvalue weighted by Crippen LogP contribution is 2.17. The van der Waals surface area contributed by atoms with E-state index in [9.17, 15) is 9.90 Å². The summed E-state index contributed by atoms with van der Waals surface area (Å²) in [6, 6.07) is 5.16. The number of carbonyl (C=O) groups excluding carboxylic acids is 1. The van der Waals surface area contributed by atoms with Crippen LogP contribution < -0.4 is 0 Å². The van der Waals surface area contributed by atoms with E-state index in [0.717, 1.165) is 5.56 Å². The highest BCUT2D eigenvalue weighted by Gasteiger charge is 2.15. The molecule has 0 fully saturated rings. The van der Waals surface area contributed by atoms with Gasteiger partial charge in [-0.15, -0.1) is 0 Å². The van der Waals surface area contributed by atoms with E-state index in [2.05, 4.69) is 0 Å². The summed E-state index contributed by atoms with van der Waals surface area (Å²) < 4.78 is 4.82. The van der Waals surface area contributed by atoms with Crippen LogP contribution in [0.2, 0.25) is 5.02 Å². The zero-order valence-corrected chi connectivity index (χ0v) is 11.6. The molecule has 1 atom stereocenters. The van der Waals surface area contributed by atoms with Crippen LogP contribution in [0, 0.1) is 6.92 Å². The fourth-order valence-corrected chi connectivity index (χ4v) is 1.77. The van der Waals surface area contributed by atoms with Gasteiger partial charge < -0.3 is 14.7 Å². The number of nitrogens with zero attached hydrogens (tertiary/aromatic N) is 1. The van der Waals surface area contributed by atoms with Crippen molar-refractivity contribution in [2.75, 3.05) is 27.3 Å². The molecule has 1 rings (SSSR count). The number of carbonyl (C=O) groups is 1. The van der Waals surface area contributed by atoms with Crippen molar-refractivity contribution >= 4 is 17.5 Å². The van der Waals surface area contributed by atoms with E-state index in [-0.39, 0.29) is 19.1 Å². The minimum absolute atomic E-state index is 0.174. The number of ether oxygens (including phenoxy) is 1. The van der Waals surface area contributed by atoms with E-state index < -0.39 is 6.10 Å². The SMILES string of the molecule is COCC(O)CN(C)C(=O)c1ccc(C)c(Cl)c1. The third kappa shape index (κ3) is 3.98. The second kappa shape index (κ2) is 6.73. The molecule has 18 heavy (non-hydrogen) atoms. The first-order valence-corrected chi connectivity index (χ1v) is 6.02.